The standard InChI is InChI=1S/C22H21N3O3S2/c1-13(2)19(25-20(26)18-8-5-11-29-18)21(27)23-12-14-9-10-16(28-14)22-24-15-6-3-4-7-17(15)30-22/h3-11,13,19H,12H2,1-2H3,(H,23,27)(H,25,26). The highest BCUT2D eigenvalue weighted by atomic mass is 32.1. The molecule has 154 valence electrons. The van der Waals surface area contributed by atoms with Crippen molar-refractivity contribution in [2.24, 2.45) is 5.92 Å². The van der Waals surface area contributed by atoms with Crippen LogP contribution < -0.4 is 10.6 Å². The number of furan rings is 1. The Labute approximate surface area is 181 Å². The molecular formula is C22H21N3O3S2. The van der Waals surface area contributed by atoms with E-state index in [1.54, 1.807) is 17.4 Å². The van der Waals surface area contributed by atoms with Crippen LogP contribution in [0.25, 0.3) is 21.0 Å². The van der Waals surface area contributed by atoms with Crippen molar-refractivity contribution in [3.63, 3.8) is 0 Å². The summed E-state index contributed by atoms with van der Waals surface area (Å²) >= 11 is 2.91. The Morgan fingerprint density at radius 1 is 1.10 bits per heavy atom. The molecule has 0 saturated heterocycles. The van der Waals surface area contributed by atoms with Gasteiger partial charge >= 0.3 is 0 Å². The van der Waals surface area contributed by atoms with Gasteiger partial charge in [-0.25, -0.2) is 4.98 Å². The number of para-hydroxylation sites is 1. The van der Waals surface area contributed by atoms with E-state index in [2.05, 4.69) is 15.6 Å². The molecule has 0 radical (unpaired) electrons. The van der Waals surface area contributed by atoms with E-state index in [0.29, 0.717) is 16.4 Å². The van der Waals surface area contributed by atoms with Crippen LogP contribution in [0.3, 0.4) is 0 Å². The van der Waals surface area contributed by atoms with Gasteiger partial charge in [-0.1, -0.05) is 32.0 Å². The minimum atomic E-state index is -0.627. The Morgan fingerprint density at radius 2 is 1.93 bits per heavy atom. The van der Waals surface area contributed by atoms with E-state index >= 15 is 0 Å². The second kappa shape index (κ2) is 8.81. The minimum absolute atomic E-state index is 0.0520. The molecule has 0 aliphatic carbocycles. The number of carbonyl (C=O) groups excluding carboxylic acids is 2. The largest absolute Gasteiger partial charge is 0.457 e. The summed E-state index contributed by atoms with van der Waals surface area (Å²) in [5.41, 5.74) is 0.935. The van der Waals surface area contributed by atoms with Crippen molar-refractivity contribution >= 4 is 44.7 Å². The zero-order valence-electron chi connectivity index (χ0n) is 16.5. The molecule has 0 saturated carbocycles. The Morgan fingerprint density at radius 3 is 2.67 bits per heavy atom. The molecule has 0 aliphatic rings. The first-order valence-electron chi connectivity index (χ1n) is 9.58. The van der Waals surface area contributed by atoms with Crippen LogP contribution in [0.1, 0.15) is 29.3 Å². The Bertz CT molecular complexity index is 1130. The van der Waals surface area contributed by atoms with Crippen LogP contribution in [0, 0.1) is 5.92 Å². The second-order valence-electron chi connectivity index (χ2n) is 7.14. The topological polar surface area (TPSA) is 84.2 Å². The van der Waals surface area contributed by atoms with Gasteiger partial charge in [-0.05, 0) is 41.6 Å². The molecule has 0 bridgehead atoms. The molecule has 1 unspecified atom stereocenters. The number of thiazole rings is 1. The lowest BCUT2D eigenvalue weighted by Gasteiger charge is -2.21. The molecule has 1 atom stereocenters. The number of thiophene rings is 1. The van der Waals surface area contributed by atoms with Crippen LogP contribution in [-0.4, -0.2) is 22.8 Å². The highest BCUT2D eigenvalue weighted by Gasteiger charge is 2.25. The number of hydrogen-bond acceptors (Lipinski definition) is 6. The van der Waals surface area contributed by atoms with Crippen molar-refractivity contribution < 1.29 is 14.0 Å². The predicted molar refractivity (Wildman–Crippen MR) is 120 cm³/mol. The van der Waals surface area contributed by atoms with E-state index in [1.807, 2.05) is 61.7 Å². The van der Waals surface area contributed by atoms with Gasteiger partial charge in [0.2, 0.25) is 5.91 Å². The number of carbonyl (C=O) groups is 2. The zero-order valence-corrected chi connectivity index (χ0v) is 18.2. The van der Waals surface area contributed by atoms with Crippen LogP contribution in [0.15, 0.2) is 58.3 Å². The number of aromatic nitrogens is 1. The maximum absolute atomic E-state index is 12.7. The van der Waals surface area contributed by atoms with Crippen LogP contribution in [0.2, 0.25) is 0 Å². The molecule has 8 heteroatoms. The van der Waals surface area contributed by atoms with Gasteiger partial charge in [-0.3, -0.25) is 9.59 Å². The molecule has 30 heavy (non-hydrogen) atoms. The third kappa shape index (κ3) is 4.44. The lowest BCUT2D eigenvalue weighted by atomic mass is 10.0. The number of hydrogen-bond donors (Lipinski definition) is 2. The van der Waals surface area contributed by atoms with Crippen LogP contribution in [-0.2, 0) is 11.3 Å². The summed E-state index contributed by atoms with van der Waals surface area (Å²) in [4.78, 5) is 30.2. The lowest BCUT2D eigenvalue weighted by Crippen LogP contribution is -2.49. The Hall–Kier alpha value is -2.97. The van der Waals surface area contributed by atoms with Gasteiger partial charge < -0.3 is 15.1 Å². The molecule has 6 nitrogen and oxygen atoms in total. The fourth-order valence-electron chi connectivity index (χ4n) is 3.00. The number of benzene rings is 1. The van der Waals surface area contributed by atoms with Crippen molar-refractivity contribution in [1.82, 2.24) is 15.6 Å². The van der Waals surface area contributed by atoms with Crippen molar-refractivity contribution in [3.8, 4) is 10.8 Å². The molecule has 3 heterocycles. The molecule has 4 aromatic rings. The minimum Gasteiger partial charge on any atom is -0.457 e. The fraction of sp³-hybridized carbons (Fsp3) is 0.227. The molecule has 0 fully saturated rings. The first-order chi connectivity index (χ1) is 14.5. The second-order valence-corrected chi connectivity index (χ2v) is 9.12. The summed E-state index contributed by atoms with van der Waals surface area (Å²) in [5.74, 6) is 0.767. The first-order valence-corrected chi connectivity index (χ1v) is 11.3. The van der Waals surface area contributed by atoms with Gasteiger partial charge in [0.05, 0.1) is 21.6 Å². The van der Waals surface area contributed by atoms with E-state index in [9.17, 15) is 9.59 Å². The fourth-order valence-corrected chi connectivity index (χ4v) is 4.56. The molecular weight excluding hydrogens is 418 g/mol. The Balaban J connectivity index is 1.39. The predicted octanol–water partition coefficient (Wildman–Crippen LogP) is 4.69. The van der Waals surface area contributed by atoms with Crippen molar-refractivity contribution in [1.29, 1.82) is 0 Å². The number of nitrogens with zero attached hydrogens (tertiary/aromatic N) is 1. The normalized spacial score (nSPS) is 12.2. The van der Waals surface area contributed by atoms with Gasteiger partial charge in [0.15, 0.2) is 10.8 Å². The SMILES string of the molecule is CC(C)C(NC(=O)c1cccs1)C(=O)NCc1ccc(-c2nc3ccccc3s2)o1. The van der Waals surface area contributed by atoms with Gasteiger partial charge in [0, 0.05) is 0 Å². The molecule has 1 aromatic carbocycles. The number of fused-ring (bicyclic) bond motifs is 1. The van der Waals surface area contributed by atoms with Gasteiger partial charge in [-0.15, -0.1) is 22.7 Å². The van der Waals surface area contributed by atoms with Crippen LogP contribution in [0.4, 0.5) is 0 Å². The number of nitrogens with one attached hydrogen (secondary N) is 2. The highest BCUT2D eigenvalue weighted by Crippen LogP contribution is 2.31. The van der Waals surface area contributed by atoms with Gasteiger partial charge in [0.1, 0.15) is 11.8 Å². The van der Waals surface area contributed by atoms with E-state index in [4.69, 9.17) is 4.42 Å². The third-order valence-corrected chi connectivity index (χ3v) is 6.50. The molecule has 3 aromatic heterocycles. The zero-order chi connectivity index (χ0) is 21.1. The maximum atomic E-state index is 12.7. The van der Waals surface area contributed by atoms with Gasteiger partial charge in [-0.2, -0.15) is 0 Å². The molecule has 4 rings (SSSR count). The average molecular weight is 440 g/mol. The van der Waals surface area contributed by atoms with Crippen molar-refractivity contribution in [3.05, 3.63) is 64.5 Å². The number of rotatable bonds is 7. The third-order valence-electron chi connectivity index (χ3n) is 4.58. The lowest BCUT2D eigenvalue weighted by molar-refractivity contribution is -0.124. The summed E-state index contributed by atoms with van der Waals surface area (Å²) in [6.07, 6.45) is 0. The molecule has 2 N–H and O–H groups in total. The maximum Gasteiger partial charge on any atom is 0.262 e. The monoisotopic (exact) mass is 439 g/mol. The summed E-state index contributed by atoms with van der Waals surface area (Å²) in [6, 6.07) is 14.5. The molecule has 2 amide bonds. The summed E-state index contributed by atoms with van der Waals surface area (Å²) in [5, 5.41) is 8.32. The van der Waals surface area contributed by atoms with Crippen molar-refractivity contribution in [2.45, 2.75) is 26.4 Å². The summed E-state index contributed by atoms with van der Waals surface area (Å²) < 4.78 is 6.97. The van der Waals surface area contributed by atoms with Crippen LogP contribution in [0.5, 0.6) is 0 Å². The van der Waals surface area contributed by atoms with Gasteiger partial charge in [0.25, 0.3) is 5.91 Å². The Kier molecular flexibility index (Phi) is 5.96. The smallest absolute Gasteiger partial charge is 0.262 e. The van der Waals surface area contributed by atoms with E-state index < -0.39 is 6.04 Å². The van der Waals surface area contributed by atoms with Crippen molar-refractivity contribution in [2.75, 3.05) is 0 Å². The first kappa shape index (κ1) is 20.3. The summed E-state index contributed by atoms with van der Waals surface area (Å²) in [7, 11) is 0. The highest BCUT2D eigenvalue weighted by molar-refractivity contribution is 7.21. The number of amides is 2. The average Bonchev–Trinajstić information content (AvgIpc) is 3.49. The van der Waals surface area contributed by atoms with Crippen LogP contribution >= 0.6 is 22.7 Å². The van der Waals surface area contributed by atoms with E-state index in [1.165, 1.54) is 11.3 Å². The van der Waals surface area contributed by atoms with E-state index in [-0.39, 0.29) is 24.3 Å². The quantitative estimate of drug-likeness (QED) is 0.438. The molecule has 0 spiro atoms. The molecule has 0 aliphatic heterocycles. The summed E-state index contributed by atoms with van der Waals surface area (Å²) in [6.45, 7) is 4.04. The van der Waals surface area contributed by atoms with E-state index in [0.717, 1.165) is 15.2 Å².